The fraction of sp³-hybridized carbons (Fsp3) is 0.889. The topological polar surface area (TPSA) is 116 Å². The maximum atomic E-state index is 11.0. The van der Waals surface area contributed by atoms with Gasteiger partial charge in [0.25, 0.3) is 0 Å². The van der Waals surface area contributed by atoms with E-state index >= 15 is 0 Å². The van der Waals surface area contributed by atoms with Crippen LogP contribution in [0.2, 0.25) is 0 Å². The van der Waals surface area contributed by atoms with Crippen LogP contribution in [0.1, 0.15) is 19.8 Å². The first-order valence-corrected chi connectivity index (χ1v) is 4.97. The Hall–Kier alpha value is -0.730. The van der Waals surface area contributed by atoms with E-state index in [0.717, 1.165) is 0 Å². The Balaban J connectivity index is 4.29. The van der Waals surface area contributed by atoms with E-state index in [4.69, 9.17) is 14.9 Å². The molecule has 0 aromatic carbocycles. The third-order valence-corrected chi connectivity index (χ3v) is 1.71. The van der Waals surface area contributed by atoms with Gasteiger partial charge in [0.15, 0.2) is 6.10 Å². The summed E-state index contributed by atoms with van der Waals surface area (Å²) in [7, 11) is 0. The summed E-state index contributed by atoms with van der Waals surface area (Å²) in [5, 5.41) is 36.0. The van der Waals surface area contributed by atoms with Crippen LogP contribution in [0.15, 0.2) is 0 Å². The lowest BCUT2D eigenvalue weighted by atomic mass is 10.3. The van der Waals surface area contributed by atoms with Crippen LogP contribution in [0.25, 0.3) is 0 Å². The third kappa shape index (κ3) is 5.38. The number of carbonyl (C=O) groups excluding carboxylic acids is 1. The maximum absolute atomic E-state index is 11.0. The van der Waals surface area contributed by atoms with Crippen LogP contribution < -0.4 is 0 Å². The minimum atomic E-state index is -2.89. The van der Waals surface area contributed by atoms with Crippen LogP contribution in [0.4, 0.5) is 0 Å². The van der Waals surface area contributed by atoms with E-state index < -0.39 is 24.7 Å². The van der Waals surface area contributed by atoms with Crippen molar-refractivity contribution < 1.29 is 34.7 Å². The lowest BCUT2D eigenvalue weighted by Crippen LogP contribution is -2.50. The predicted octanol–water partition coefficient (Wildman–Crippen LogP) is -1.66. The first kappa shape index (κ1) is 15.3. The van der Waals surface area contributed by atoms with Gasteiger partial charge in [-0.15, -0.1) is 0 Å². The standard InChI is InChI=1S/C9H18O7/c1-2-3-8(12)16-9(13,14)7(6-11)15-5-4-10/h7,10-11,13-14H,2-6H2,1H3. The highest BCUT2D eigenvalue weighted by atomic mass is 16.8. The van der Waals surface area contributed by atoms with Gasteiger partial charge < -0.3 is 29.9 Å². The lowest BCUT2D eigenvalue weighted by Gasteiger charge is -2.28. The van der Waals surface area contributed by atoms with Crippen LogP contribution in [-0.4, -0.2) is 58.3 Å². The average Bonchev–Trinajstić information content (AvgIpc) is 2.17. The Morgan fingerprint density at radius 2 is 2.00 bits per heavy atom. The molecule has 0 amide bonds. The van der Waals surface area contributed by atoms with E-state index in [-0.39, 0.29) is 19.6 Å². The number of aliphatic hydroxyl groups is 4. The first-order chi connectivity index (χ1) is 7.47. The van der Waals surface area contributed by atoms with Crippen LogP contribution in [0.3, 0.4) is 0 Å². The summed E-state index contributed by atoms with van der Waals surface area (Å²) < 4.78 is 9.04. The molecule has 96 valence electrons. The molecule has 0 heterocycles. The molecule has 0 fully saturated rings. The highest BCUT2D eigenvalue weighted by Gasteiger charge is 2.39. The lowest BCUT2D eigenvalue weighted by molar-refractivity contribution is -0.367. The summed E-state index contributed by atoms with van der Waals surface area (Å²) in [6.45, 7) is 0.408. The number of esters is 1. The fourth-order valence-electron chi connectivity index (χ4n) is 0.964. The monoisotopic (exact) mass is 238 g/mol. The molecule has 0 aliphatic heterocycles. The van der Waals surface area contributed by atoms with Crippen LogP contribution >= 0.6 is 0 Å². The van der Waals surface area contributed by atoms with Gasteiger partial charge in [0.1, 0.15) is 0 Å². The van der Waals surface area contributed by atoms with Gasteiger partial charge in [-0.2, -0.15) is 0 Å². The molecule has 0 aromatic heterocycles. The third-order valence-electron chi connectivity index (χ3n) is 1.71. The van der Waals surface area contributed by atoms with Crippen molar-refractivity contribution in [2.45, 2.75) is 31.8 Å². The van der Waals surface area contributed by atoms with Gasteiger partial charge in [-0.1, -0.05) is 6.92 Å². The van der Waals surface area contributed by atoms with Gasteiger partial charge >= 0.3 is 11.9 Å². The maximum Gasteiger partial charge on any atom is 0.354 e. The Morgan fingerprint density at radius 3 is 2.44 bits per heavy atom. The summed E-state index contributed by atoms with van der Waals surface area (Å²) in [5.41, 5.74) is 0. The largest absolute Gasteiger partial charge is 0.406 e. The molecule has 0 spiro atoms. The summed E-state index contributed by atoms with van der Waals surface area (Å²) in [6.07, 6.45) is -0.988. The quantitative estimate of drug-likeness (QED) is 0.295. The zero-order chi connectivity index (χ0) is 12.6. The van der Waals surface area contributed by atoms with Crippen molar-refractivity contribution in [2.75, 3.05) is 19.8 Å². The van der Waals surface area contributed by atoms with Crippen LogP contribution in [0, 0.1) is 0 Å². The molecular formula is C9H18O7. The van der Waals surface area contributed by atoms with Crippen LogP contribution in [0.5, 0.6) is 0 Å². The molecule has 16 heavy (non-hydrogen) atoms. The van der Waals surface area contributed by atoms with Crippen molar-refractivity contribution >= 4 is 5.97 Å². The molecule has 4 N–H and O–H groups in total. The zero-order valence-electron chi connectivity index (χ0n) is 9.13. The van der Waals surface area contributed by atoms with Crippen molar-refractivity contribution in [1.29, 1.82) is 0 Å². The number of ether oxygens (including phenoxy) is 2. The molecule has 7 heteroatoms. The number of rotatable bonds is 8. The second kappa shape index (κ2) is 7.53. The number of aliphatic hydroxyl groups excluding tert-OH is 2. The molecule has 0 aromatic rings. The molecule has 1 atom stereocenters. The van der Waals surface area contributed by atoms with Crippen molar-refractivity contribution in [3.8, 4) is 0 Å². The van der Waals surface area contributed by atoms with Crippen molar-refractivity contribution in [2.24, 2.45) is 0 Å². The van der Waals surface area contributed by atoms with Crippen molar-refractivity contribution in [3.05, 3.63) is 0 Å². The predicted molar refractivity (Wildman–Crippen MR) is 52.1 cm³/mol. The Bertz CT molecular complexity index is 204. The fourth-order valence-corrected chi connectivity index (χ4v) is 0.964. The first-order valence-electron chi connectivity index (χ1n) is 4.97. The second-order valence-electron chi connectivity index (χ2n) is 3.15. The van der Waals surface area contributed by atoms with Gasteiger partial charge in [0.05, 0.1) is 19.8 Å². The number of hydrogen-bond donors (Lipinski definition) is 4. The SMILES string of the molecule is CCCC(=O)OC(O)(O)C(CO)OCCO. The molecule has 0 saturated heterocycles. The normalized spacial score (nSPS) is 13.6. The number of carbonyl (C=O) groups is 1. The van der Waals surface area contributed by atoms with Crippen molar-refractivity contribution in [3.63, 3.8) is 0 Å². The summed E-state index contributed by atoms with van der Waals surface area (Å²) in [6, 6.07) is 0. The molecule has 0 rings (SSSR count). The van der Waals surface area contributed by atoms with E-state index in [9.17, 15) is 15.0 Å². The van der Waals surface area contributed by atoms with Gasteiger partial charge in [0, 0.05) is 6.42 Å². The molecule has 0 bridgehead atoms. The molecule has 1 unspecified atom stereocenters. The highest BCUT2D eigenvalue weighted by molar-refractivity contribution is 5.69. The average molecular weight is 238 g/mol. The highest BCUT2D eigenvalue weighted by Crippen LogP contribution is 2.13. The minimum Gasteiger partial charge on any atom is -0.406 e. The smallest absolute Gasteiger partial charge is 0.354 e. The van der Waals surface area contributed by atoms with Crippen molar-refractivity contribution in [1.82, 2.24) is 0 Å². The van der Waals surface area contributed by atoms with E-state index in [1.165, 1.54) is 0 Å². The molecule has 0 radical (unpaired) electrons. The van der Waals surface area contributed by atoms with E-state index in [1.54, 1.807) is 6.92 Å². The van der Waals surface area contributed by atoms with Crippen LogP contribution in [-0.2, 0) is 14.3 Å². The van der Waals surface area contributed by atoms with Gasteiger partial charge in [-0.05, 0) is 6.42 Å². The second-order valence-corrected chi connectivity index (χ2v) is 3.15. The van der Waals surface area contributed by atoms with Gasteiger partial charge in [-0.25, -0.2) is 0 Å². The molecule has 0 aliphatic carbocycles. The molecule has 0 saturated carbocycles. The van der Waals surface area contributed by atoms with E-state index in [2.05, 4.69) is 4.74 Å². The van der Waals surface area contributed by atoms with E-state index in [1.807, 2.05) is 0 Å². The summed E-state index contributed by atoms with van der Waals surface area (Å²) in [5.74, 6) is -3.70. The zero-order valence-corrected chi connectivity index (χ0v) is 9.13. The Morgan fingerprint density at radius 1 is 1.38 bits per heavy atom. The Kier molecular flexibility index (Phi) is 7.18. The van der Waals surface area contributed by atoms with Gasteiger partial charge in [0.2, 0.25) is 0 Å². The molecular weight excluding hydrogens is 220 g/mol. The van der Waals surface area contributed by atoms with Gasteiger partial charge in [-0.3, -0.25) is 4.79 Å². The van der Waals surface area contributed by atoms with E-state index in [0.29, 0.717) is 6.42 Å². The summed E-state index contributed by atoms with van der Waals surface area (Å²) >= 11 is 0. The number of hydrogen-bond acceptors (Lipinski definition) is 7. The minimum absolute atomic E-state index is 0.0288. The molecule has 0 aliphatic rings. The summed E-state index contributed by atoms with van der Waals surface area (Å²) in [4.78, 5) is 11.0. The Labute approximate surface area is 93.2 Å². The molecule has 7 nitrogen and oxygen atoms in total.